The normalized spacial score (nSPS) is 28.2. The molecule has 0 aromatic carbocycles. The predicted molar refractivity (Wildman–Crippen MR) is 59.3 cm³/mol. The Balaban J connectivity index is 1.97. The molecule has 2 N–H and O–H groups in total. The quantitative estimate of drug-likeness (QED) is 0.644. The van der Waals surface area contributed by atoms with E-state index in [0.717, 1.165) is 30.7 Å². The van der Waals surface area contributed by atoms with Gasteiger partial charge in [-0.1, -0.05) is 0 Å². The highest BCUT2D eigenvalue weighted by Gasteiger charge is 2.22. The maximum Gasteiger partial charge on any atom is 0.0431 e. The van der Waals surface area contributed by atoms with Gasteiger partial charge in [0.1, 0.15) is 0 Å². The van der Waals surface area contributed by atoms with Gasteiger partial charge in [0.15, 0.2) is 0 Å². The molecule has 0 aromatic rings. The maximum atomic E-state index is 8.61. The third kappa shape index (κ3) is 4.34. The molecule has 13 heavy (non-hydrogen) atoms. The number of nitrogens with one attached hydrogen (secondary N) is 1. The van der Waals surface area contributed by atoms with E-state index in [2.05, 4.69) is 11.6 Å². The lowest BCUT2D eigenvalue weighted by atomic mass is 10.2. The molecule has 2 atom stereocenters. The van der Waals surface area contributed by atoms with Crippen molar-refractivity contribution in [1.29, 1.82) is 0 Å². The second-order valence-corrected chi connectivity index (χ2v) is 4.89. The number of thioether (sulfide) groups is 1. The highest BCUT2D eigenvalue weighted by atomic mass is 32.2. The average Bonchev–Trinajstić information content (AvgIpc) is 2.60. The summed E-state index contributed by atoms with van der Waals surface area (Å²) in [6.07, 6.45) is 8.30. The fourth-order valence-corrected chi connectivity index (χ4v) is 2.68. The predicted octanol–water partition coefficient (Wildman–Crippen LogP) is 1.63. The van der Waals surface area contributed by atoms with Gasteiger partial charge in [-0.25, -0.2) is 0 Å². The van der Waals surface area contributed by atoms with Crippen LogP contribution in [0.25, 0.3) is 0 Å². The molecule has 2 nitrogen and oxygen atoms in total. The molecular formula is C10H21NOS. The second kappa shape index (κ2) is 6.68. The Bertz CT molecular complexity index is 132. The summed E-state index contributed by atoms with van der Waals surface area (Å²) in [6, 6.07) is 0.746. The molecular weight excluding hydrogens is 182 g/mol. The van der Waals surface area contributed by atoms with E-state index >= 15 is 0 Å². The standard InChI is InChI=1S/C10H21NOS/c1-13-10-5-4-9(8-10)11-6-2-3-7-12/h9-12H,2-8H2,1H3. The molecule has 0 heterocycles. The molecule has 3 heteroatoms. The number of aliphatic hydroxyl groups excluding tert-OH is 1. The van der Waals surface area contributed by atoms with Crippen LogP contribution in [-0.2, 0) is 0 Å². The molecule has 0 aliphatic heterocycles. The van der Waals surface area contributed by atoms with E-state index < -0.39 is 0 Å². The van der Waals surface area contributed by atoms with Crippen LogP contribution < -0.4 is 5.32 Å². The van der Waals surface area contributed by atoms with E-state index in [-0.39, 0.29) is 0 Å². The zero-order valence-electron chi connectivity index (χ0n) is 8.46. The Hall–Kier alpha value is 0.270. The molecule has 1 rings (SSSR count). The zero-order chi connectivity index (χ0) is 9.52. The molecule has 0 aromatic heterocycles. The SMILES string of the molecule is CSC1CCC(NCCCCO)C1. The van der Waals surface area contributed by atoms with E-state index in [0.29, 0.717) is 6.61 Å². The Labute approximate surface area is 85.5 Å². The fourth-order valence-electron chi connectivity index (χ4n) is 1.88. The zero-order valence-corrected chi connectivity index (χ0v) is 9.28. The summed E-state index contributed by atoms with van der Waals surface area (Å²) >= 11 is 2.00. The lowest BCUT2D eigenvalue weighted by molar-refractivity contribution is 0.282. The lowest BCUT2D eigenvalue weighted by Crippen LogP contribution is -2.27. The van der Waals surface area contributed by atoms with Gasteiger partial charge in [0.05, 0.1) is 0 Å². The molecule has 0 bridgehead atoms. The van der Waals surface area contributed by atoms with Crippen LogP contribution in [0, 0.1) is 0 Å². The van der Waals surface area contributed by atoms with Crippen molar-refractivity contribution in [2.24, 2.45) is 0 Å². The number of hydrogen-bond donors (Lipinski definition) is 2. The molecule has 0 radical (unpaired) electrons. The van der Waals surface area contributed by atoms with Crippen LogP contribution in [0.4, 0.5) is 0 Å². The van der Waals surface area contributed by atoms with E-state index in [1.54, 1.807) is 0 Å². The monoisotopic (exact) mass is 203 g/mol. The Morgan fingerprint density at radius 1 is 1.38 bits per heavy atom. The van der Waals surface area contributed by atoms with Crippen LogP contribution >= 0.6 is 11.8 Å². The Kier molecular flexibility index (Phi) is 5.83. The molecule has 0 amide bonds. The van der Waals surface area contributed by atoms with Gasteiger partial charge >= 0.3 is 0 Å². The Morgan fingerprint density at radius 2 is 2.23 bits per heavy atom. The molecule has 78 valence electrons. The molecule has 1 fully saturated rings. The molecule has 1 saturated carbocycles. The highest BCUT2D eigenvalue weighted by Crippen LogP contribution is 2.27. The van der Waals surface area contributed by atoms with Crippen molar-refractivity contribution in [3.8, 4) is 0 Å². The molecule has 1 aliphatic carbocycles. The van der Waals surface area contributed by atoms with Crippen LogP contribution in [-0.4, -0.2) is 35.8 Å². The molecule has 1 aliphatic rings. The second-order valence-electron chi connectivity index (χ2n) is 3.75. The number of hydrogen-bond acceptors (Lipinski definition) is 3. The summed E-state index contributed by atoms with van der Waals surface area (Å²) in [6.45, 7) is 1.41. The van der Waals surface area contributed by atoms with Crippen LogP contribution in [0.1, 0.15) is 32.1 Å². The van der Waals surface area contributed by atoms with Crippen LogP contribution in [0.5, 0.6) is 0 Å². The summed E-state index contributed by atoms with van der Waals surface area (Å²) in [5, 5.41) is 13.0. The minimum Gasteiger partial charge on any atom is -0.396 e. The van der Waals surface area contributed by atoms with Crippen molar-refractivity contribution in [3.63, 3.8) is 0 Å². The van der Waals surface area contributed by atoms with Crippen molar-refractivity contribution in [2.75, 3.05) is 19.4 Å². The highest BCUT2D eigenvalue weighted by molar-refractivity contribution is 7.99. The fraction of sp³-hybridized carbons (Fsp3) is 1.00. The van der Waals surface area contributed by atoms with Crippen molar-refractivity contribution in [3.05, 3.63) is 0 Å². The van der Waals surface area contributed by atoms with Gasteiger partial charge < -0.3 is 10.4 Å². The smallest absolute Gasteiger partial charge is 0.0431 e. The van der Waals surface area contributed by atoms with Crippen LogP contribution in [0.15, 0.2) is 0 Å². The van der Waals surface area contributed by atoms with Gasteiger partial charge in [-0.2, -0.15) is 11.8 Å². The van der Waals surface area contributed by atoms with Crippen molar-refractivity contribution >= 4 is 11.8 Å². The summed E-state index contributed by atoms with van der Waals surface area (Å²) in [4.78, 5) is 0. The summed E-state index contributed by atoms with van der Waals surface area (Å²) in [5.41, 5.74) is 0. The summed E-state index contributed by atoms with van der Waals surface area (Å²) < 4.78 is 0. The molecule has 2 unspecified atom stereocenters. The van der Waals surface area contributed by atoms with Gasteiger partial charge in [-0.05, 0) is 44.9 Å². The minimum absolute atomic E-state index is 0.333. The third-order valence-electron chi connectivity index (χ3n) is 2.74. The average molecular weight is 203 g/mol. The van der Waals surface area contributed by atoms with Gasteiger partial charge in [0, 0.05) is 17.9 Å². The van der Waals surface area contributed by atoms with E-state index in [1.807, 2.05) is 11.8 Å². The van der Waals surface area contributed by atoms with Gasteiger partial charge in [0.25, 0.3) is 0 Å². The number of rotatable bonds is 6. The topological polar surface area (TPSA) is 32.3 Å². The number of unbranched alkanes of at least 4 members (excludes halogenated alkanes) is 1. The van der Waals surface area contributed by atoms with E-state index in [4.69, 9.17) is 5.11 Å². The van der Waals surface area contributed by atoms with Gasteiger partial charge in [-0.3, -0.25) is 0 Å². The molecule has 0 spiro atoms. The maximum absolute atomic E-state index is 8.61. The minimum atomic E-state index is 0.333. The first-order valence-electron chi connectivity index (χ1n) is 5.24. The Morgan fingerprint density at radius 3 is 2.85 bits per heavy atom. The third-order valence-corrected chi connectivity index (χ3v) is 3.83. The van der Waals surface area contributed by atoms with Crippen molar-refractivity contribution in [1.82, 2.24) is 5.32 Å². The van der Waals surface area contributed by atoms with Crippen molar-refractivity contribution < 1.29 is 5.11 Å². The lowest BCUT2D eigenvalue weighted by Gasteiger charge is -2.11. The van der Waals surface area contributed by atoms with Gasteiger partial charge in [0.2, 0.25) is 0 Å². The molecule has 0 saturated heterocycles. The summed E-state index contributed by atoms with van der Waals surface area (Å²) in [5.74, 6) is 0. The summed E-state index contributed by atoms with van der Waals surface area (Å²) in [7, 11) is 0. The largest absolute Gasteiger partial charge is 0.396 e. The first-order chi connectivity index (χ1) is 6.36. The van der Waals surface area contributed by atoms with Crippen LogP contribution in [0.3, 0.4) is 0 Å². The van der Waals surface area contributed by atoms with E-state index in [9.17, 15) is 0 Å². The first kappa shape index (κ1) is 11.3. The first-order valence-corrected chi connectivity index (χ1v) is 6.52. The number of aliphatic hydroxyl groups is 1. The van der Waals surface area contributed by atoms with E-state index in [1.165, 1.54) is 19.3 Å². The van der Waals surface area contributed by atoms with Crippen LogP contribution in [0.2, 0.25) is 0 Å². The van der Waals surface area contributed by atoms with Crippen molar-refractivity contribution in [2.45, 2.75) is 43.4 Å². The van der Waals surface area contributed by atoms with Gasteiger partial charge in [-0.15, -0.1) is 0 Å².